The van der Waals surface area contributed by atoms with Crippen LogP contribution in [0.3, 0.4) is 0 Å². The van der Waals surface area contributed by atoms with Gasteiger partial charge in [0, 0.05) is 11.5 Å². The first-order valence-electron chi connectivity index (χ1n) is 7.90. The smallest absolute Gasteiger partial charge is 0.336 e. The van der Waals surface area contributed by atoms with Crippen LogP contribution in [0.25, 0.3) is 22.1 Å². The SMILES string of the molecule is CCCc1ccc(-c2cc(=O)oc3c(C=O)c(O)c(C)cc23)cc1. The number of hydrogen-bond acceptors (Lipinski definition) is 4. The Kier molecular flexibility index (Phi) is 4.21. The zero-order chi connectivity index (χ0) is 17.3. The largest absolute Gasteiger partial charge is 0.507 e. The molecule has 1 N–H and O–H groups in total. The zero-order valence-electron chi connectivity index (χ0n) is 13.6. The minimum absolute atomic E-state index is 0.00607. The quantitative estimate of drug-likeness (QED) is 0.576. The summed E-state index contributed by atoms with van der Waals surface area (Å²) in [6.45, 7) is 3.83. The lowest BCUT2D eigenvalue weighted by molar-refractivity contribution is 0.112. The molecule has 0 unspecified atom stereocenters. The van der Waals surface area contributed by atoms with E-state index in [0.717, 1.165) is 18.4 Å². The average Bonchev–Trinajstić information content (AvgIpc) is 2.57. The van der Waals surface area contributed by atoms with Gasteiger partial charge in [0.05, 0.1) is 5.56 Å². The summed E-state index contributed by atoms with van der Waals surface area (Å²) in [7, 11) is 0. The van der Waals surface area contributed by atoms with Crippen molar-refractivity contribution in [1.82, 2.24) is 0 Å². The average molecular weight is 322 g/mol. The van der Waals surface area contributed by atoms with Gasteiger partial charge in [-0.05, 0) is 41.7 Å². The molecule has 0 aliphatic heterocycles. The molecule has 0 bridgehead atoms. The van der Waals surface area contributed by atoms with Gasteiger partial charge in [-0.3, -0.25) is 4.79 Å². The number of fused-ring (bicyclic) bond motifs is 1. The normalized spacial score (nSPS) is 10.9. The highest BCUT2D eigenvalue weighted by atomic mass is 16.4. The van der Waals surface area contributed by atoms with Gasteiger partial charge in [-0.2, -0.15) is 0 Å². The van der Waals surface area contributed by atoms with Crippen LogP contribution >= 0.6 is 0 Å². The third-order valence-corrected chi connectivity index (χ3v) is 4.16. The molecule has 3 rings (SSSR count). The van der Waals surface area contributed by atoms with Crippen molar-refractivity contribution in [2.75, 3.05) is 0 Å². The number of benzene rings is 2. The van der Waals surface area contributed by atoms with Crippen molar-refractivity contribution in [1.29, 1.82) is 0 Å². The number of hydrogen-bond donors (Lipinski definition) is 1. The number of carbonyl (C=O) groups is 1. The maximum atomic E-state index is 11.9. The lowest BCUT2D eigenvalue weighted by Gasteiger charge is -2.10. The standard InChI is InChI=1S/C20H18O4/c1-3-4-13-5-7-14(8-6-13)15-10-18(22)24-20-16(15)9-12(2)19(23)17(20)11-21/h5-11,23H,3-4H2,1-2H3. The molecule has 0 saturated heterocycles. The van der Waals surface area contributed by atoms with E-state index in [1.54, 1.807) is 13.0 Å². The summed E-state index contributed by atoms with van der Waals surface area (Å²) >= 11 is 0. The predicted molar refractivity (Wildman–Crippen MR) is 93.7 cm³/mol. The second kappa shape index (κ2) is 6.32. The van der Waals surface area contributed by atoms with Crippen LogP contribution in [0.15, 0.2) is 45.6 Å². The summed E-state index contributed by atoms with van der Waals surface area (Å²) in [6, 6.07) is 11.1. The Balaban J connectivity index is 2.30. The maximum Gasteiger partial charge on any atom is 0.336 e. The van der Waals surface area contributed by atoms with Crippen molar-refractivity contribution in [3.63, 3.8) is 0 Å². The third-order valence-electron chi connectivity index (χ3n) is 4.16. The van der Waals surface area contributed by atoms with E-state index in [9.17, 15) is 14.7 Å². The summed E-state index contributed by atoms with van der Waals surface area (Å²) in [5.74, 6) is -0.156. The van der Waals surface area contributed by atoms with E-state index >= 15 is 0 Å². The monoisotopic (exact) mass is 322 g/mol. The van der Waals surface area contributed by atoms with Gasteiger partial charge < -0.3 is 9.52 Å². The highest BCUT2D eigenvalue weighted by Crippen LogP contribution is 2.34. The van der Waals surface area contributed by atoms with E-state index in [4.69, 9.17) is 4.42 Å². The molecular formula is C20H18O4. The molecule has 2 aromatic carbocycles. The molecule has 24 heavy (non-hydrogen) atoms. The second-order valence-electron chi connectivity index (χ2n) is 5.88. The van der Waals surface area contributed by atoms with Crippen LogP contribution in [0.2, 0.25) is 0 Å². The lowest BCUT2D eigenvalue weighted by atomic mass is 9.96. The van der Waals surface area contributed by atoms with Gasteiger partial charge in [0.15, 0.2) is 11.9 Å². The van der Waals surface area contributed by atoms with Gasteiger partial charge in [0.2, 0.25) is 0 Å². The fourth-order valence-electron chi connectivity index (χ4n) is 2.94. The van der Waals surface area contributed by atoms with Crippen LogP contribution in [-0.4, -0.2) is 11.4 Å². The maximum absolute atomic E-state index is 11.9. The molecule has 122 valence electrons. The molecule has 0 saturated carbocycles. The first kappa shape index (κ1) is 16.0. The Hall–Kier alpha value is -2.88. The Morgan fingerprint density at radius 3 is 2.50 bits per heavy atom. The minimum Gasteiger partial charge on any atom is -0.507 e. The first-order chi connectivity index (χ1) is 11.5. The van der Waals surface area contributed by atoms with Crippen LogP contribution < -0.4 is 5.63 Å². The number of aromatic hydroxyl groups is 1. The fraction of sp³-hybridized carbons (Fsp3) is 0.200. The zero-order valence-corrected chi connectivity index (χ0v) is 13.6. The van der Waals surface area contributed by atoms with E-state index in [1.165, 1.54) is 11.6 Å². The summed E-state index contributed by atoms with van der Waals surface area (Å²) < 4.78 is 5.20. The van der Waals surface area contributed by atoms with Gasteiger partial charge in [0.25, 0.3) is 0 Å². The second-order valence-corrected chi connectivity index (χ2v) is 5.88. The molecule has 1 heterocycles. The molecule has 0 aliphatic rings. The minimum atomic E-state index is -0.554. The summed E-state index contributed by atoms with van der Waals surface area (Å²) in [5.41, 5.74) is 2.92. The van der Waals surface area contributed by atoms with Crippen molar-refractivity contribution in [2.45, 2.75) is 26.7 Å². The molecule has 0 atom stereocenters. The lowest BCUT2D eigenvalue weighted by Crippen LogP contribution is -2.01. The van der Waals surface area contributed by atoms with E-state index in [2.05, 4.69) is 6.92 Å². The number of phenols is 1. The molecule has 0 fully saturated rings. The van der Waals surface area contributed by atoms with Crippen LogP contribution in [0.1, 0.15) is 34.8 Å². The summed E-state index contributed by atoms with van der Waals surface area (Å²) in [6.07, 6.45) is 2.58. The van der Waals surface area contributed by atoms with Crippen molar-refractivity contribution in [3.05, 3.63) is 63.5 Å². The van der Waals surface area contributed by atoms with Crippen LogP contribution in [0.4, 0.5) is 0 Å². The van der Waals surface area contributed by atoms with Crippen molar-refractivity contribution in [3.8, 4) is 16.9 Å². The molecule has 0 amide bonds. The Morgan fingerprint density at radius 2 is 1.88 bits per heavy atom. The highest BCUT2D eigenvalue weighted by molar-refractivity contribution is 6.03. The van der Waals surface area contributed by atoms with Crippen LogP contribution in [-0.2, 0) is 6.42 Å². The molecule has 4 nitrogen and oxygen atoms in total. The summed E-state index contributed by atoms with van der Waals surface area (Å²) in [5, 5.41) is 10.7. The number of aryl methyl sites for hydroxylation is 2. The Bertz CT molecular complexity index is 966. The number of carbonyl (C=O) groups excluding carboxylic acids is 1. The van der Waals surface area contributed by atoms with Gasteiger partial charge in [0.1, 0.15) is 5.75 Å². The van der Waals surface area contributed by atoms with E-state index in [0.29, 0.717) is 22.8 Å². The molecule has 3 aromatic rings. The molecule has 0 spiro atoms. The van der Waals surface area contributed by atoms with E-state index in [-0.39, 0.29) is 16.9 Å². The van der Waals surface area contributed by atoms with Crippen LogP contribution in [0, 0.1) is 6.92 Å². The molecule has 0 radical (unpaired) electrons. The number of rotatable bonds is 4. The number of aldehydes is 1. The topological polar surface area (TPSA) is 67.5 Å². The van der Waals surface area contributed by atoms with Crippen LogP contribution in [0.5, 0.6) is 5.75 Å². The highest BCUT2D eigenvalue weighted by Gasteiger charge is 2.16. The van der Waals surface area contributed by atoms with Gasteiger partial charge in [-0.15, -0.1) is 0 Å². The Labute approximate surface area is 139 Å². The number of phenolic OH excluding ortho intramolecular Hbond substituents is 1. The molecule has 1 aromatic heterocycles. The molecule has 0 aliphatic carbocycles. The van der Waals surface area contributed by atoms with Crippen molar-refractivity contribution >= 4 is 17.3 Å². The predicted octanol–water partition coefficient (Wildman–Crippen LogP) is 4.24. The van der Waals surface area contributed by atoms with E-state index in [1.807, 2.05) is 24.3 Å². The fourth-order valence-corrected chi connectivity index (χ4v) is 2.94. The van der Waals surface area contributed by atoms with Crippen molar-refractivity contribution < 1.29 is 14.3 Å². The molecule has 4 heteroatoms. The van der Waals surface area contributed by atoms with Crippen molar-refractivity contribution in [2.24, 2.45) is 0 Å². The first-order valence-corrected chi connectivity index (χ1v) is 7.90. The van der Waals surface area contributed by atoms with Gasteiger partial charge in [-0.25, -0.2) is 4.79 Å². The Morgan fingerprint density at radius 1 is 1.17 bits per heavy atom. The van der Waals surface area contributed by atoms with Gasteiger partial charge in [-0.1, -0.05) is 37.6 Å². The van der Waals surface area contributed by atoms with Gasteiger partial charge >= 0.3 is 5.63 Å². The molecular weight excluding hydrogens is 304 g/mol. The summed E-state index contributed by atoms with van der Waals surface area (Å²) in [4.78, 5) is 23.3. The third kappa shape index (κ3) is 2.71. The van der Waals surface area contributed by atoms with E-state index < -0.39 is 5.63 Å².